The summed E-state index contributed by atoms with van der Waals surface area (Å²) in [5.41, 5.74) is 7.50. The molecule has 0 aliphatic carbocycles. The van der Waals surface area contributed by atoms with Crippen molar-refractivity contribution in [1.29, 1.82) is 0 Å². The molecule has 0 radical (unpaired) electrons. The minimum atomic E-state index is -1.83. The topological polar surface area (TPSA) is 311 Å². The Hall–Kier alpha value is -6.01. The standard InChI is InChI=1S/C32H38N6O12/c33-20(9-10-26(41)42)28(45)35-23(12-17-14-34-21-4-2-1-3-19(17)21)30(47)37-24(13-27(43)44)31(48)36-22(11-16-5-7-18(40)8-6-16)29(46)38-25(15-39)32(49)50/h1-8,14,20,22-25,34,39-40H,9-13,15,33H2,(H,35,45)(H,36,48)(H,37,47)(H,38,46)(H,41,42)(H,43,44)(H,49,50). The first-order chi connectivity index (χ1) is 23.7. The van der Waals surface area contributed by atoms with Crippen LogP contribution in [-0.2, 0) is 46.4 Å². The molecule has 1 aromatic heterocycles. The molecule has 3 rings (SSSR count). The molecule has 5 atom stereocenters. The molecule has 4 amide bonds. The molecule has 0 saturated heterocycles. The highest BCUT2D eigenvalue weighted by molar-refractivity contribution is 5.97. The number of amides is 4. The van der Waals surface area contributed by atoms with Crippen LogP contribution in [0.5, 0.6) is 5.75 Å². The molecule has 268 valence electrons. The fourth-order valence-electron chi connectivity index (χ4n) is 4.88. The van der Waals surface area contributed by atoms with Gasteiger partial charge in [0.15, 0.2) is 0 Å². The van der Waals surface area contributed by atoms with Crippen LogP contribution in [0.3, 0.4) is 0 Å². The number of fused-ring (bicyclic) bond motifs is 1. The molecule has 0 spiro atoms. The second kappa shape index (κ2) is 17.9. The maximum atomic E-state index is 13.7. The molecular weight excluding hydrogens is 660 g/mol. The number of aliphatic hydroxyl groups excluding tert-OH is 1. The summed E-state index contributed by atoms with van der Waals surface area (Å²) in [6, 6.07) is 4.56. The first kappa shape index (κ1) is 38.4. The van der Waals surface area contributed by atoms with Gasteiger partial charge >= 0.3 is 17.9 Å². The summed E-state index contributed by atoms with van der Waals surface area (Å²) < 4.78 is 0. The number of para-hydroxylation sites is 1. The molecule has 50 heavy (non-hydrogen) atoms. The molecule has 18 nitrogen and oxygen atoms in total. The molecule has 0 saturated carbocycles. The monoisotopic (exact) mass is 698 g/mol. The summed E-state index contributed by atoms with van der Waals surface area (Å²) in [7, 11) is 0. The van der Waals surface area contributed by atoms with Crippen LogP contribution in [0.2, 0.25) is 0 Å². The summed E-state index contributed by atoms with van der Waals surface area (Å²) >= 11 is 0. The van der Waals surface area contributed by atoms with E-state index in [9.17, 15) is 54.0 Å². The van der Waals surface area contributed by atoms with Crippen LogP contribution in [0.15, 0.2) is 54.7 Å². The minimum absolute atomic E-state index is 0.105. The number of aromatic amines is 1. The summed E-state index contributed by atoms with van der Waals surface area (Å²) in [6.07, 6.45) is -0.526. The van der Waals surface area contributed by atoms with Gasteiger partial charge in [-0.2, -0.15) is 0 Å². The Morgan fingerprint density at radius 1 is 0.700 bits per heavy atom. The van der Waals surface area contributed by atoms with Gasteiger partial charge in [-0.1, -0.05) is 30.3 Å². The lowest BCUT2D eigenvalue weighted by molar-refractivity contribution is -0.144. The Labute approximate surface area is 284 Å². The van der Waals surface area contributed by atoms with Crippen molar-refractivity contribution in [1.82, 2.24) is 26.3 Å². The number of nitrogens with two attached hydrogens (primary N) is 1. The van der Waals surface area contributed by atoms with Crippen molar-refractivity contribution in [3.8, 4) is 5.75 Å². The number of aromatic hydroxyl groups is 1. The zero-order valence-corrected chi connectivity index (χ0v) is 26.5. The van der Waals surface area contributed by atoms with E-state index >= 15 is 0 Å². The van der Waals surface area contributed by atoms with Gasteiger partial charge in [-0.05, 0) is 35.7 Å². The van der Waals surface area contributed by atoms with Crippen molar-refractivity contribution in [2.24, 2.45) is 5.73 Å². The number of rotatable bonds is 19. The third-order valence-corrected chi connectivity index (χ3v) is 7.56. The Morgan fingerprint density at radius 3 is 1.86 bits per heavy atom. The lowest BCUT2D eigenvalue weighted by Gasteiger charge is -2.26. The van der Waals surface area contributed by atoms with Gasteiger partial charge in [0, 0.05) is 36.4 Å². The first-order valence-corrected chi connectivity index (χ1v) is 15.3. The number of carbonyl (C=O) groups excluding carboxylic acids is 4. The zero-order valence-electron chi connectivity index (χ0n) is 26.5. The highest BCUT2D eigenvalue weighted by Gasteiger charge is 2.33. The van der Waals surface area contributed by atoms with E-state index in [0.29, 0.717) is 22.0 Å². The quantitative estimate of drug-likeness (QED) is 0.0669. The molecule has 3 aromatic rings. The number of hydrogen-bond acceptors (Lipinski definition) is 10. The van der Waals surface area contributed by atoms with Gasteiger partial charge in [-0.3, -0.25) is 28.8 Å². The number of aromatic nitrogens is 1. The Bertz CT molecular complexity index is 1710. The van der Waals surface area contributed by atoms with E-state index in [2.05, 4.69) is 26.3 Å². The molecule has 0 fully saturated rings. The van der Waals surface area contributed by atoms with E-state index in [-0.39, 0.29) is 25.0 Å². The largest absolute Gasteiger partial charge is 0.508 e. The Balaban J connectivity index is 1.89. The molecule has 0 aliphatic rings. The van der Waals surface area contributed by atoms with Crippen molar-refractivity contribution in [2.45, 2.75) is 62.3 Å². The third kappa shape index (κ3) is 11.3. The fraction of sp³-hybridized carbons (Fsp3) is 0.344. The summed E-state index contributed by atoms with van der Waals surface area (Å²) in [5.74, 6) is -8.52. The molecule has 1 heterocycles. The van der Waals surface area contributed by atoms with E-state index in [1.54, 1.807) is 30.5 Å². The van der Waals surface area contributed by atoms with Crippen molar-refractivity contribution in [3.05, 3.63) is 65.9 Å². The van der Waals surface area contributed by atoms with E-state index in [1.165, 1.54) is 24.3 Å². The smallest absolute Gasteiger partial charge is 0.328 e. The number of phenols is 1. The van der Waals surface area contributed by atoms with Crippen LogP contribution in [0.1, 0.15) is 30.4 Å². The summed E-state index contributed by atoms with van der Waals surface area (Å²) in [6.45, 7) is -0.984. The Morgan fingerprint density at radius 2 is 1.26 bits per heavy atom. The van der Waals surface area contributed by atoms with Gasteiger partial charge in [0.25, 0.3) is 0 Å². The number of aliphatic carboxylic acids is 3. The number of carbonyl (C=O) groups is 7. The molecule has 0 bridgehead atoms. The lowest BCUT2D eigenvalue weighted by Crippen LogP contribution is -2.59. The predicted molar refractivity (Wildman–Crippen MR) is 173 cm³/mol. The van der Waals surface area contributed by atoms with E-state index in [0.717, 1.165) is 0 Å². The van der Waals surface area contributed by atoms with Gasteiger partial charge in [0.2, 0.25) is 23.6 Å². The number of phenolic OH excluding ortho intramolecular Hbond substituents is 1. The minimum Gasteiger partial charge on any atom is -0.508 e. The van der Waals surface area contributed by atoms with Gasteiger partial charge in [-0.15, -0.1) is 0 Å². The maximum absolute atomic E-state index is 13.7. The van der Waals surface area contributed by atoms with E-state index < -0.39 is 91.2 Å². The zero-order chi connectivity index (χ0) is 37.0. The number of aliphatic hydroxyl groups is 1. The number of carboxylic acids is 3. The predicted octanol–water partition coefficient (Wildman–Crippen LogP) is -1.66. The third-order valence-electron chi connectivity index (χ3n) is 7.56. The van der Waals surface area contributed by atoms with Crippen LogP contribution in [0.25, 0.3) is 10.9 Å². The lowest BCUT2D eigenvalue weighted by atomic mass is 10.0. The average Bonchev–Trinajstić information content (AvgIpc) is 3.48. The molecular formula is C32H38N6O12. The van der Waals surface area contributed by atoms with E-state index in [1.807, 2.05) is 0 Å². The highest BCUT2D eigenvalue weighted by atomic mass is 16.4. The van der Waals surface area contributed by atoms with Crippen LogP contribution in [-0.4, -0.2) is 109 Å². The number of hydrogen-bond donors (Lipinski definition) is 11. The number of nitrogens with one attached hydrogen (secondary N) is 5. The second-order valence-electron chi connectivity index (χ2n) is 11.3. The Kier molecular flexibility index (Phi) is 13.8. The fourth-order valence-corrected chi connectivity index (χ4v) is 4.88. The normalized spacial score (nSPS) is 14.0. The molecule has 2 aromatic carbocycles. The van der Waals surface area contributed by atoms with Crippen molar-refractivity contribution >= 4 is 52.4 Å². The van der Waals surface area contributed by atoms with Crippen LogP contribution < -0.4 is 27.0 Å². The van der Waals surface area contributed by atoms with Crippen LogP contribution in [0.4, 0.5) is 0 Å². The molecule has 12 N–H and O–H groups in total. The van der Waals surface area contributed by atoms with Gasteiger partial charge in [0.05, 0.1) is 19.1 Å². The average molecular weight is 699 g/mol. The first-order valence-electron chi connectivity index (χ1n) is 15.3. The molecule has 0 aliphatic heterocycles. The number of carboxylic acid groups (broad SMARTS) is 3. The van der Waals surface area contributed by atoms with Crippen LogP contribution >= 0.6 is 0 Å². The second-order valence-corrected chi connectivity index (χ2v) is 11.3. The van der Waals surface area contributed by atoms with Crippen molar-refractivity contribution in [3.63, 3.8) is 0 Å². The van der Waals surface area contributed by atoms with Crippen molar-refractivity contribution < 1.29 is 59.1 Å². The maximum Gasteiger partial charge on any atom is 0.328 e. The van der Waals surface area contributed by atoms with Gasteiger partial charge < -0.3 is 57.5 Å². The SMILES string of the molecule is NC(CCC(=O)O)C(=O)NC(Cc1c[nH]c2ccccc12)C(=O)NC(CC(=O)O)C(=O)NC(Cc1ccc(O)cc1)C(=O)NC(CO)C(=O)O. The highest BCUT2D eigenvalue weighted by Crippen LogP contribution is 2.19. The number of H-pyrrole nitrogens is 1. The molecule has 18 heteroatoms. The summed E-state index contributed by atoms with van der Waals surface area (Å²) in [4.78, 5) is 90.5. The van der Waals surface area contributed by atoms with E-state index in [4.69, 9.17) is 10.8 Å². The van der Waals surface area contributed by atoms with Gasteiger partial charge in [0.1, 0.15) is 29.9 Å². The summed E-state index contributed by atoms with van der Waals surface area (Å²) in [5, 5.41) is 56.7. The van der Waals surface area contributed by atoms with Crippen molar-refractivity contribution in [2.75, 3.05) is 6.61 Å². The van der Waals surface area contributed by atoms with Gasteiger partial charge in [-0.25, -0.2) is 4.79 Å². The van der Waals surface area contributed by atoms with Crippen LogP contribution in [0, 0.1) is 0 Å². The number of benzene rings is 2. The molecule has 5 unspecified atom stereocenters.